The molecule has 180 valence electrons. The van der Waals surface area contributed by atoms with Crippen LogP contribution in [0.3, 0.4) is 0 Å². The molecule has 1 unspecified atom stereocenters. The van der Waals surface area contributed by atoms with Gasteiger partial charge in [0.1, 0.15) is 26.4 Å². The first-order valence-corrected chi connectivity index (χ1v) is 14.8. The molecule has 2 aliphatic rings. The molecule has 35 heavy (non-hydrogen) atoms. The average molecular weight is 539 g/mol. The molecule has 0 bridgehead atoms. The summed E-state index contributed by atoms with van der Waals surface area (Å²) in [6, 6.07) is 16.2. The first-order valence-electron chi connectivity index (χ1n) is 11.3. The van der Waals surface area contributed by atoms with E-state index in [-0.39, 0.29) is 5.84 Å². The molecule has 5 rings (SSSR count). The third-order valence-corrected chi connectivity index (χ3v) is 12.4. The molecule has 4 nitrogen and oxygen atoms in total. The minimum Gasteiger partial charge on any atom is -0.715 e. The van der Waals surface area contributed by atoms with E-state index >= 15 is 0 Å². The maximum absolute atomic E-state index is 12.9. The molecule has 0 radical (unpaired) electrons. The lowest BCUT2D eigenvalue weighted by Gasteiger charge is -2.39. The van der Waals surface area contributed by atoms with Gasteiger partial charge in [0, 0.05) is 4.91 Å². The normalized spacial score (nSPS) is 21.2. The van der Waals surface area contributed by atoms with Gasteiger partial charge in [-0.3, -0.25) is 9.80 Å². The van der Waals surface area contributed by atoms with Crippen molar-refractivity contribution < 1.29 is 4.74 Å². The molecular formula is C27H26N2O2S4. The van der Waals surface area contributed by atoms with Gasteiger partial charge in [-0.2, -0.15) is 0 Å². The van der Waals surface area contributed by atoms with Crippen LogP contribution in [0.25, 0.3) is 17.1 Å². The fourth-order valence-electron chi connectivity index (χ4n) is 3.90. The molecule has 8 heteroatoms. The standard InChI is InChI=1S/C27H26N2O2S4/c1-26(2)27(3,4)29(31)23(28(26)30)21-13-9-19(10-14-21)6-5-18-7-11-20(12-8-18)22-17-34-25(35-22)24-32-15-16-33-24/h5-17,25H,1-4H3/b6-5+. The number of hydrogen-bond acceptors (Lipinski definition) is 6. The minimum atomic E-state index is -0.814. The van der Waals surface area contributed by atoms with Gasteiger partial charge in [-0.25, -0.2) is 0 Å². The molecule has 0 saturated carbocycles. The van der Waals surface area contributed by atoms with E-state index in [9.17, 15) is 10.4 Å². The first-order chi connectivity index (χ1) is 16.7. The Hall–Kier alpha value is -2.10. The van der Waals surface area contributed by atoms with Crippen LogP contribution >= 0.6 is 46.2 Å². The summed E-state index contributed by atoms with van der Waals surface area (Å²) in [5.41, 5.74) is 2.39. The van der Waals surface area contributed by atoms with Gasteiger partial charge >= 0.3 is 0 Å². The maximum atomic E-state index is 12.9. The molecule has 0 amide bonds. The van der Waals surface area contributed by atoms with Gasteiger partial charge < -0.3 is 10.4 Å². The Kier molecular flexibility index (Phi) is 6.61. The Morgan fingerprint density at radius 2 is 1.54 bits per heavy atom. The van der Waals surface area contributed by atoms with Gasteiger partial charge in [-0.05, 0) is 61.9 Å². The largest absolute Gasteiger partial charge is 0.715 e. The zero-order chi connectivity index (χ0) is 24.8. The van der Waals surface area contributed by atoms with Crippen LogP contribution in [-0.2, 0) is 0 Å². The zero-order valence-electron chi connectivity index (χ0n) is 19.9. The summed E-state index contributed by atoms with van der Waals surface area (Å²) >= 11 is 7.47. The Bertz CT molecular complexity index is 1310. The summed E-state index contributed by atoms with van der Waals surface area (Å²) < 4.78 is 2.77. The van der Waals surface area contributed by atoms with Crippen LogP contribution in [0.1, 0.15) is 58.7 Å². The quantitative estimate of drug-likeness (QED) is 0.141. The van der Waals surface area contributed by atoms with E-state index in [0.717, 1.165) is 20.9 Å². The molecule has 3 heterocycles. The molecule has 0 N–H and O–H groups in total. The van der Waals surface area contributed by atoms with Crippen molar-refractivity contribution in [2.75, 3.05) is 0 Å². The van der Waals surface area contributed by atoms with E-state index in [1.54, 1.807) is 0 Å². The van der Waals surface area contributed by atoms with Crippen molar-refractivity contribution in [1.82, 2.24) is 5.06 Å². The summed E-state index contributed by atoms with van der Waals surface area (Å²) in [5.74, 6) is 0.172. The second-order valence-electron chi connectivity index (χ2n) is 9.50. The van der Waals surface area contributed by atoms with Gasteiger partial charge in [0.05, 0.1) is 28.2 Å². The van der Waals surface area contributed by atoms with Crippen LogP contribution < -0.4 is 0 Å². The maximum Gasteiger partial charge on any atom is 0.279 e. The number of rotatable bonds is 5. The van der Waals surface area contributed by atoms with Crippen LogP contribution in [0.15, 0.2) is 64.7 Å². The van der Waals surface area contributed by atoms with Crippen molar-refractivity contribution in [1.29, 1.82) is 0 Å². The predicted octanol–water partition coefficient (Wildman–Crippen LogP) is 8.37. The molecule has 2 aliphatic heterocycles. The van der Waals surface area contributed by atoms with Gasteiger partial charge in [-0.1, -0.05) is 60.3 Å². The SMILES string of the molecule is CC1(C)N([O-])C(c2ccc(/C=C/c3ccc(C4=CSC(c5scc[s+]5)S4)cc3)cc2)=[N+]([O-])C1(C)C. The van der Waals surface area contributed by atoms with Crippen molar-refractivity contribution in [3.05, 3.63) is 102 Å². The Morgan fingerprint density at radius 1 is 0.943 bits per heavy atom. The van der Waals surface area contributed by atoms with Gasteiger partial charge in [-0.15, -0.1) is 11.8 Å². The monoisotopic (exact) mass is 538 g/mol. The first kappa shape index (κ1) is 24.6. The van der Waals surface area contributed by atoms with E-state index in [4.69, 9.17) is 0 Å². The second-order valence-corrected chi connectivity index (χ2v) is 14.1. The molecule has 2 aromatic carbocycles. The van der Waals surface area contributed by atoms with Crippen LogP contribution in [0.2, 0.25) is 0 Å². The smallest absolute Gasteiger partial charge is 0.279 e. The highest BCUT2D eigenvalue weighted by molar-refractivity contribution is 8.25. The highest BCUT2D eigenvalue weighted by atomic mass is 32.2. The van der Waals surface area contributed by atoms with Crippen molar-refractivity contribution in [3.63, 3.8) is 0 Å². The fourth-order valence-corrected chi connectivity index (χ4v) is 8.86. The fraction of sp³-hybridized carbons (Fsp3) is 0.259. The Balaban J connectivity index is 1.26. The number of thioether (sulfide) groups is 2. The van der Waals surface area contributed by atoms with Crippen molar-refractivity contribution in [3.8, 4) is 0 Å². The van der Waals surface area contributed by atoms with Crippen LogP contribution in [0, 0.1) is 10.4 Å². The molecular weight excluding hydrogens is 513 g/mol. The summed E-state index contributed by atoms with van der Waals surface area (Å²) in [7, 11) is 0. The number of amidine groups is 1. The van der Waals surface area contributed by atoms with Crippen molar-refractivity contribution >= 4 is 69.1 Å². The number of hydrogen-bond donors (Lipinski definition) is 0. The third-order valence-electron chi connectivity index (χ3n) is 6.88. The highest BCUT2D eigenvalue weighted by Crippen LogP contribution is 2.56. The van der Waals surface area contributed by atoms with Gasteiger partial charge in [0.15, 0.2) is 0 Å². The zero-order valence-corrected chi connectivity index (χ0v) is 23.2. The predicted molar refractivity (Wildman–Crippen MR) is 155 cm³/mol. The summed E-state index contributed by atoms with van der Waals surface area (Å²) in [5, 5.41) is 33.2. The third kappa shape index (κ3) is 4.47. The Morgan fingerprint density at radius 3 is 2.06 bits per heavy atom. The van der Waals surface area contributed by atoms with E-state index in [2.05, 4.69) is 46.5 Å². The van der Waals surface area contributed by atoms with E-state index < -0.39 is 11.1 Å². The lowest BCUT2D eigenvalue weighted by Crippen LogP contribution is -2.52. The molecule has 0 saturated heterocycles. The topological polar surface area (TPSA) is 52.4 Å². The highest BCUT2D eigenvalue weighted by Gasteiger charge is 2.54. The van der Waals surface area contributed by atoms with E-state index in [0.29, 0.717) is 10.1 Å². The molecule has 0 fully saturated rings. The number of hydroxylamine groups is 3. The average Bonchev–Trinajstić information content (AvgIpc) is 3.58. The lowest BCUT2D eigenvalue weighted by atomic mass is 9.84. The van der Waals surface area contributed by atoms with E-state index in [1.807, 2.05) is 104 Å². The van der Waals surface area contributed by atoms with Crippen molar-refractivity contribution in [2.24, 2.45) is 0 Å². The van der Waals surface area contributed by atoms with Crippen LogP contribution in [0.4, 0.5) is 0 Å². The van der Waals surface area contributed by atoms with Gasteiger partial charge in [0.25, 0.3) is 10.0 Å². The van der Waals surface area contributed by atoms with Crippen LogP contribution in [0.5, 0.6) is 0 Å². The van der Waals surface area contributed by atoms with Crippen LogP contribution in [-0.4, -0.2) is 26.7 Å². The summed E-state index contributed by atoms with van der Waals surface area (Å²) in [4.78, 5) is 1.32. The lowest BCUT2D eigenvalue weighted by molar-refractivity contribution is -0.539. The molecule has 1 atom stereocenters. The van der Waals surface area contributed by atoms with E-state index in [1.165, 1.54) is 14.7 Å². The molecule has 3 aromatic rings. The molecule has 0 spiro atoms. The molecule has 1 aromatic heterocycles. The summed E-state index contributed by atoms with van der Waals surface area (Å²) in [6.45, 7) is 7.24. The van der Waals surface area contributed by atoms with Gasteiger partial charge in [0.2, 0.25) is 0 Å². The second kappa shape index (κ2) is 9.41. The van der Waals surface area contributed by atoms with Crippen molar-refractivity contribution in [2.45, 2.75) is 43.4 Å². The minimum absolute atomic E-state index is 0.172. The number of benzene rings is 2. The number of nitrogens with zero attached hydrogens (tertiary/aromatic N) is 2. The summed E-state index contributed by atoms with van der Waals surface area (Å²) in [6.07, 6.45) is 4.12. The Labute approximate surface area is 222 Å². The molecule has 0 aliphatic carbocycles.